The van der Waals surface area contributed by atoms with E-state index >= 15 is 0 Å². The van der Waals surface area contributed by atoms with Gasteiger partial charge in [-0.05, 0) is 30.1 Å². The standard InChI is InChI=1S/C18H24N2O4/c1-18(2)13-5-4-12(14(18)10-13)7-9-24-16(22)11-20-8-6-15(21)19(3)17(20)23/h4,6,8,13-14H,5,7,9-11H2,1-3H3/t13-,14-/m0/s1. The topological polar surface area (TPSA) is 70.3 Å². The Morgan fingerprint density at radius 1 is 1.38 bits per heavy atom. The number of ether oxygens (including phenoxy) is 1. The monoisotopic (exact) mass is 332 g/mol. The van der Waals surface area contributed by atoms with Gasteiger partial charge < -0.3 is 4.74 Å². The highest BCUT2D eigenvalue weighted by Gasteiger charge is 2.50. The highest BCUT2D eigenvalue weighted by atomic mass is 16.5. The number of carbonyl (C=O) groups excluding carboxylic acids is 1. The summed E-state index contributed by atoms with van der Waals surface area (Å²) < 4.78 is 7.43. The molecule has 6 nitrogen and oxygen atoms in total. The Kier molecular flexibility index (Phi) is 4.24. The molecule has 1 fully saturated rings. The second-order valence-corrected chi connectivity index (χ2v) is 7.42. The van der Waals surface area contributed by atoms with Crippen LogP contribution >= 0.6 is 0 Å². The van der Waals surface area contributed by atoms with Gasteiger partial charge >= 0.3 is 11.7 Å². The average molecular weight is 332 g/mol. The van der Waals surface area contributed by atoms with Crippen LogP contribution in [0.4, 0.5) is 0 Å². The van der Waals surface area contributed by atoms with Crippen molar-refractivity contribution >= 4 is 5.97 Å². The summed E-state index contributed by atoms with van der Waals surface area (Å²) in [7, 11) is 1.38. The Morgan fingerprint density at radius 3 is 2.79 bits per heavy atom. The number of rotatable bonds is 5. The molecule has 0 amide bonds. The molecule has 0 saturated heterocycles. The first kappa shape index (κ1) is 16.7. The number of nitrogens with zero attached hydrogens (tertiary/aromatic N) is 2. The molecule has 24 heavy (non-hydrogen) atoms. The molecular formula is C18H24N2O4. The summed E-state index contributed by atoms with van der Waals surface area (Å²) in [6.07, 6.45) is 6.76. The zero-order chi connectivity index (χ0) is 17.5. The molecule has 3 aliphatic carbocycles. The SMILES string of the molecule is Cn1c(=O)ccn(CC(=O)OCCC2=CC[C@H]3C[C@@H]2C3(C)C)c1=O. The largest absolute Gasteiger partial charge is 0.464 e. The van der Waals surface area contributed by atoms with E-state index in [1.165, 1.54) is 35.9 Å². The molecule has 3 aliphatic rings. The fourth-order valence-electron chi connectivity index (χ4n) is 3.96. The second-order valence-electron chi connectivity index (χ2n) is 7.42. The van der Waals surface area contributed by atoms with Crippen LogP contribution in [0.5, 0.6) is 0 Å². The Bertz CT molecular complexity index is 800. The molecule has 1 aromatic rings. The highest BCUT2D eigenvalue weighted by Crippen LogP contribution is 2.59. The molecule has 130 valence electrons. The van der Waals surface area contributed by atoms with Crippen LogP contribution in [0.25, 0.3) is 0 Å². The molecule has 0 radical (unpaired) electrons. The number of allylic oxidation sites excluding steroid dienone is 1. The second kappa shape index (κ2) is 6.07. The predicted octanol–water partition coefficient (Wildman–Crippen LogP) is 1.47. The van der Waals surface area contributed by atoms with Gasteiger partial charge in [0.15, 0.2) is 0 Å². The third-order valence-corrected chi connectivity index (χ3v) is 5.80. The number of fused-ring (bicyclic) bond motifs is 1. The van der Waals surface area contributed by atoms with E-state index in [1.807, 2.05) is 0 Å². The van der Waals surface area contributed by atoms with Crippen LogP contribution in [-0.4, -0.2) is 21.7 Å². The van der Waals surface area contributed by atoms with Gasteiger partial charge in [-0.2, -0.15) is 0 Å². The molecule has 0 unspecified atom stereocenters. The highest BCUT2D eigenvalue weighted by molar-refractivity contribution is 5.69. The molecule has 1 saturated carbocycles. The lowest BCUT2D eigenvalue weighted by molar-refractivity contribution is -0.144. The van der Waals surface area contributed by atoms with Crippen LogP contribution in [0.3, 0.4) is 0 Å². The van der Waals surface area contributed by atoms with E-state index in [0.29, 0.717) is 17.9 Å². The van der Waals surface area contributed by atoms with Crippen molar-refractivity contribution in [2.45, 2.75) is 39.7 Å². The van der Waals surface area contributed by atoms with Crippen LogP contribution in [0.15, 0.2) is 33.5 Å². The number of hydrogen-bond donors (Lipinski definition) is 0. The van der Waals surface area contributed by atoms with Crippen molar-refractivity contribution in [2.75, 3.05) is 6.61 Å². The molecule has 0 aromatic carbocycles. The van der Waals surface area contributed by atoms with Crippen molar-refractivity contribution in [3.05, 3.63) is 44.8 Å². The molecule has 4 rings (SSSR count). The minimum atomic E-state index is -0.517. The first-order valence-corrected chi connectivity index (χ1v) is 8.41. The van der Waals surface area contributed by atoms with E-state index in [2.05, 4.69) is 19.9 Å². The predicted molar refractivity (Wildman–Crippen MR) is 89.6 cm³/mol. The van der Waals surface area contributed by atoms with Gasteiger partial charge in [0.05, 0.1) is 6.61 Å². The first-order valence-electron chi connectivity index (χ1n) is 8.41. The van der Waals surface area contributed by atoms with Gasteiger partial charge in [0.1, 0.15) is 6.54 Å². The third-order valence-electron chi connectivity index (χ3n) is 5.80. The lowest BCUT2D eigenvalue weighted by Gasteiger charge is -2.56. The van der Waals surface area contributed by atoms with E-state index in [9.17, 15) is 14.4 Å². The molecule has 2 bridgehead atoms. The third kappa shape index (κ3) is 2.85. The Hall–Kier alpha value is -2.11. The Morgan fingerprint density at radius 2 is 2.12 bits per heavy atom. The van der Waals surface area contributed by atoms with Crippen molar-refractivity contribution in [1.82, 2.24) is 9.13 Å². The smallest absolute Gasteiger partial charge is 0.331 e. The van der Waals surface area contributed by atoms with Crippen molar-refractivity contribution in [3.63, 3.8) is 0 Å². The summed E-state index contributed by atoms with van der Waals surface area (Å²) >= 11 is 0. The maximum Gasteiger partial charge on any atom is 0.331 e. The van der Waals surface area contributed by atoms with E-state index < -0.39 is 17.2 Å². The van der Waals surface area contributed by atoms with Crippen LogP contribution in [0, 0.1) is 17.3 Å². The number of carbonyl (C=O) groups is 1. The minimum absolute atomic E-state index is 0.178. The van der Waals surface area contributed by atoms with Gasteiger partial charge in [-0.15, -0.1) is 0 Å². The average Bonchev–Trinajstić information content (AvgIpc) is 2.55. The van der Waals surface area contributed by atoms with Gasteiger partial charge in [-0.25, -0.2) is 4.79 Å². The zero-order valence-electron chi connectivity index (χ0n) is 14.4. The van der Waals surface area contributed by atoms with Crippen molar-refractivity contribution < 1.29 is 9.53 Å². The van der Waals surface area contributed by atoms with Crippen molar-refractivity contribution in [3.8, 4) is 0 Å². The van der Waals surface area contributed by atoms with Crippen LogP contribution in [0.1, 0.15) is 33.1 Å². The summed E-state index contributed by atoms with van der Waals surface area (Å²) in [5.41, 5.74) is 0.859. The lowest BCUT2D eigenvalue weighted by atomic mass is 9.48. The first-order chi connectivity index (χ1) is 11.3. The maximum atomic E-state index is 11.9. The summed E-state index contributed by atoms with van der Waals surface area (Å²) in [6, 6.07) is 1.26. The summed E-state index contributed by atoms with van der Waals surface area (Å²) in [5, 5.41) is 0. The minimum Gasteiger partial charge on any atom is -0.464 e. The lowest BCUT2D eigenvalue weighted by Crippen LogP contribution is -2.48. The Balaban J connectivity index is 1.52. The fraction of sp³-hybridized carbons (Fsp3) is 0.611. The van der Waals surface area contributed by atoms with Crippen molar-refractivity contribution in [1.29, 1.82) is 0 Å². The number of esters is 1. The summed E-state index contributed by atoms with van der Waals surface area (Å²) in [4.78, 5) is 35.1. The van der Waals surface area contributed by atoms with Gasteiger partial charge in [-0.3, -0.25) is 18.7 Å². The van der Waals surface area contributed by atoms with E-state index in [0.717, 1.165) is 23.3 Å². The molecular weight excluding hydrogens is 308 g/mol. The molecule has 1 aromatic heterocycles. The molecule has 6 heteroatoms. The Labute approximate surface area is 140 Å². The quantitative estimate of drug-likeness (QED) is 0.605. The maximum absolute atomic E-state index is 11.9. The molecule has 0 N–H and O–H groups in total. The molecule has 0 aliphatic heterocycles. The van der Waals surface area contributed by atoms with Gasteiger partial charge in [-0.1, -0.05) is 25.5 Å². The molecule has 1 heterocycles. The van der Waals surface area contributed by atoms with E-state index in [-0.39, 0.29) is 6.54 Å². The molecule has 2 atom stereocenters. The fourth-order valence-corrected chi connectivity index (χ4v) is 3.96. The summed E-state index contributed by atoms with van der Waals surface area (Å²) in [5.74, 6) is 0.949. The van der Waals surface area contributed by atoms with E-state index in [4.69, 9.17) is 4.74 Å². The summed E-state index contributed by atoms with van der Waals surface area (Å²) in [6.45, 7) is 4.79. The number of hydrogen-bond acceptors (Lipinski definition) is 4. The van der Waals surface area contributed by atoms with E-state index in [1.54, 1.807) is 0 Å². The van der Waals surface area contributed by atoms with Crippen LogP contribution in [0.2, 0.25) is 0 Å². The van der Waals surface area contributed by atoms with Crippen LogP contribution < -0.4 is 11.2 Å². The van der Waals surface area contributed by atoms with Gasteiger partial charge in [0.25, 0.3) is 5.56 Å². The van der Waals surface area contributed by atoms with Gasteiger partial charge in [0.2, 0.25) is 0 Å². The normalized spacial score (nSPS) is 24.0. The van der Waals surface area contributed by atoms with Crippen molar-refractivity contribution in [2.24, 2.45) is 24.3 Å². The molecule has 0 spiro atoms. The van der Waals surface area contributed by atoms with Crippen LogP contribution in [-0.2, 0) is 23.1 Å². The number of aromatic nitrogens is 2. The van der Waals surface area contributed by atoms with Gasteiger partial charge in [0, 0.05) is 25.7 Å². The zero-order valence-corrected chi connectivity index (χ0v) is 14.4.